The van der Waals surface area contributed by atoms with Crippen LogP contribution >= 0.6 is 0 Å². The summed E-state index contributed by atoms with van der Waals surface area (Å²) in [7, 11) is 0. The molecule has 0 fully saturated rings. The van der Waals surface area contributed by atoms with Crippen LogP contribution in [-0.2, 0) is 11.2 Å². The Hall–Kier alpha value is -2.36. The van der Waals surface area contributed by atoms with E-state index in [0.29, 0.717) is 17.8 Å². The molecule has 4 heteroatoms. The normalized spacial score (nSPS) is 10.2. The van der Waals surface area contributed by atoms with Crippen LogP contribution in [0, 0.1) is 5.82 Å². The molecular weight excluding hydrogens is 255 g/mol. The first-order chi connectivity index (χ1) is 9.65. The lowest BCUT2D eigenvalue weighted by Crippen LogP contribution is -2.13. The molecular formula is C16H17FN2O. The number of carbonyl (C=O) groups is 1. The van der Waals surface area contributed by atoms with Gasteiger partial charge in [-0.15, -0.1) is 0 Å². The summed E-state index contributed by atoms with van der Waals surface area (Å²) in [5.41, 5.74) is 7.57. The van der Waals surface area contributed by atoms with Crippen LogP contribution in [0.2, 0.25) is 0 Å². The fourth-order valence-corrected chi connectivity index (χ4v) is 1.95. The van der Waals surface area contributed by atoms with Crippen molar-refractivity contribution in [2.24, 2.45) is 0 Å². The van der Waals surface area contributed by atoms with E-state index in [2.05, 4.69) is 5.32 Å². The van der Waals surface area contributed by atoms with Crippen molar-refractivity contribution in [3.63, 3.8) is 0 Å². The first kappa shape index (κ1) is 14.1. The minimum absolute atomic E-state index is 0.154. The fraction of sp³-hybridized carbons (Fsp3) is 0.188. The van der Waals surface area contributed by atoms with Gasteiger partial charge in [-0.2, -0.15) is 0 Å². The highest BCUT2D eigenvalue weighted by molar-refractivity contribution is 5.93. The first-order valence-corrected chi connectivity index (χ1v) is 6.54. The van der Waals surface area contributed by atoms with E-state index in [4.69, 9.17) is 5.73 Å². The monoisotopic (exact) mass is 272 g/mol. The number of anilines is 2. The van der Waals surface area contributed by atoms with Crippen molar-refractivity contribution in [2.75, 3.05) is 11.1 Å². The maximum atomic E-state index is 13.1. The van der Waals surface area contributed by atoms with E-state index >= 15 is 0 Å². The Bertz CT molecular complexity index is 584. The first-order valence-electron chi connectivity index (χ1n) is 6.54. The highest BCUT2D eigenvalue weighted by Gasteiger charge is 2.06. The molecule has 0 bridgehead atoms. The number of nitrogen functional groups attached to an aromatic ring is 1. The van der Waals surface area contributed by atoms with Crippen molar-refractivity contribution >= 4 is 17.3 Å². The molecule has 2 rings (SSSR count). The summed E-state index contributed by atoms with van der Waals surface area (Å²) >= 11 is 0. The second kappa shape index (κ2) is 6.70. The Morgan fingerprint density at radius 2 is 1.90 bits per heavy atom. The zero-order valence-electron chi connectivity index (χ0n) is 11.1. The van der Waals surface area contributed by atoms with Gasteiger partial charge in [-0.3, -0.25) is 4.79 Å². The lowest BCUT2D eigenvalue weighted by molar-refractivity contribution is -0.116. The number of rotatable bonds is 5. The van der Waals surface area contributed by atoms with Crippen molar-refractivity contribution in [2.45, 2.75) is 19.3 Å². The summed E-state index contributed by atoms with van der Waals surface area (Å²) in [4.78, 5) is 11.8. The van der Waals surface area contributed by atoms with E-state index in [1.165, 1.54) is 23.8 Å². The Labute approximate surface area is 117 Å². The SMILES string of the molecule is Nc1ccc(F)cc1NC(=O)CCCc1ccccc1. The van der Waals surface area contributed by atoms with Gasteiger partial charge < -0.3 is 11.1 Å². The van der Waals surface area contributed by atoms with Gasteiger partial charge >= 0.3 is 0 Å². The van der Waals surface area contributed by atoms with Crippen molar-refractivity contribution in [3.8, 4) is 0 Å². The van der Waals surface area contributed by atoms with Gasteiger partial charge in [0.2, 0.25) is 5.91 Å². The summed E-state index contributed by atoms with van der Waals surface area (Å²) in [5.74, 6) is -0.572. The van der Waals surface area contributed by atoms with Crippen LogP contribution in [0.25, 0.3) is 0 Å². The lowest BCUT2D eigenvalue weighted by Gasteiger charge is -2.08. The number of aryl methyl sites for hydroxylation is 1. The highest BCUT2D eigenvalue weighted by Crippen LogP contribution is 2.19. The number of nitrogens with one attached hydrogen (secondary N) is 1. The second-order valence-electron chi connectivity index (χ2n) is 4.62. The maximum Gasteiger partial charge on any atom is 0.224 e. The molecule has 0 aromatic heterocycles. The predicted molar refractivity (Wildman–Crippen MR) is 78.8 cm³/mol. The number of carbonyl (C=O) groups excluding carboxylic acids is 1. The van der Waals surface area contributed by atoms with Gasteiger partial charge in [0.05, 0.1) is 11.4 Å². The largest absolute Gasteiger partial charge is 0.397 e. The van der Waals surface area contributed by atoms with Crippen LogP contribution < -0.4 is 11.1 Å². The lowest BCUT2D eigenvalue weighted by atomic mass is 10.1. The minimum Gasteiger partial charge on any atom is -0.397 e. The molecule has 0 saturated heterocycles. The van der Waals surface area contributed by atoms with Gasteiger partial charge in [-0.05, 0) is 36.6 Å². The third-order valence-electron chi connectivity index (χ3n) is 3.00. The molecule has 0 saturated carbocycles. The summed E-state index contributed by atoms with van der Waals surface area (Å²) in [6.45, 7) is 0. The van der Waals surface area contributed by atoms with E-state index in [9.17, 15) is 9.18 Å². The van der Waals surface area contributed by atoms with Gasteiger partial charge in [-0.25, -0.2) is 4.39 Å². The van der Waals surface area contributed by atoms with Gasteiger partial charge in [0.15, 0.2) is 0 Å². The number of hydrogen-bond donors (Lipinski definition) is 2. The molecule has 104 valence electrons. The molecule has 0 heterocycles. The summed E-state index contributed by atoms with van der Waals surface area (Å²) in [6.07, 6.45) is 1.96. The van der Waals surface area contributed by atoms with Gasteiger partial charge in [0.25, 0.3) is 0 Å². The van der Waals surface area contributed by atoms with E-state index in [-0.39, 0.29) is 5.91 Å². The molecule has 3 nitrogen and oxygen atoms in total. The van der Waals surface area contributed by atoms with Crippen molar-refractivity contribution in [1.29, 1.82) is 0 Å². The third-order valence-corrected chi connectivity index (χ3v) is 3.00. The van der Waals surface area contributed by atoms with Crippen molar-refractivity contribution in [3.05, 3.63) is 59.9 Å². The molecule has 1 amide bonds. The summed E-state index contributed by atoms with van der Waals surface area (Å²) < 4.78 is 13.1. The van der Waals surface area contributed by atoms with Crippen LogP contribution in [0.15, 0.2) is 48.5 Å². The molecule has 0 aliphatic rings. The molecule has 0 spiro atoms. The summed E-state index contributed by atoms with van der Waals surface area (Å²) in [5, 5.41) is 2.63. The zero-order chi connectivity index (χ0) is 14.4. The van der Waals surface area contributed by atoms with Crippen LogP contribution in [0.4, 0.5) is 15.8 Å². The van der Waals surface area contributed by atoms with Gasteiger partial charge in [0.1, 0.15) is 5.82 Å². The van der Waals surface area contributed by atoms with E-state index < -0.39 is 5.82 Å². The molecule has 0 unspecified atom stereocenters. The van der Waals surface area contributed by atoms with E-state index in [1.54, 1.807) is 0 Å². The molecule has 3 N–H and O–H groups in total. The maximum absolute atomic E-state index is 13.1. The Kier molecular flexibility index (Phi) is 4.71. The van der Waals surface area contributed by atoms with Gasteiger partial charge in [-0.1, -0.05) is 30.3 Å². The molecule has 2 aromatic carbocycles. The van der Waals surface area contributed by atoms with E-state index in [0.717, 1.165) is 12.8 Å². The fourth-order valence-electron chi connectivity index (χ4n) is 1.95. The summed E-state index contributed by atoms with van der Waals surface area (Å²) in [6, 6.07) is 13.9. The quantitative estimate of drug-likeness (QED) is 0.820. The Morgan fingerprint density at radius 3 is 2.65 bits per heavy atom. The number of amides is 1. The van der Waals surface area contributed by atoms with Crippen molar-refractivity contribution in [1.82, 2.24) is 0 Å². The van der Waals surface area contributed by atoms with Crippen molar-refractivity contribution < 1.29 is 9.18 Å². The number of halogens is 1. The van der Waals surface area contributed by atoms with Crippen LogP contribution in [0.5, 0.6) is 0 Å². The van der Waals surface area contributed by atoms with Gasteiger partial charge in [0, 0.05) is 6.42 Å². The molecule has 0 aliphatic carbocycles. The third kappa shape index (κ3) is 4.09. The number of benzene rings is 2. The zero-order valence-corrected chi connectivity index (χ0v) is 11.1. The van der Waals surface area contributed by atoms with Crippen LogP contribution in [0.3, 0.4) is 0 Å². The molecule has 0 atom stereocenters. The Balaban J connectivity index is 1.82. The average Bonchev–Trinajstić information content (AvgIpc) is 2.44. The number of hydrogen-bond acceptors (Lipinski definition) is 2. The smallest absolute Gasteiger partial charge is 0.224 e. The second-order valence-corrected chi connectivity index (χ2v) is 4.62. The minimum atomic E-state index is -0.418. The molecule has 2 aromatic rings. The van der Waals surface area contributed by atoms with Crippen LogP contribution in [0.1, 0.15) is 18.4 Å². The molecule has 0 aliphatic heterocycles. The average molecular weight is 272 g/mol. The topological polar surface area (TPSA) is 55.1 Å². The van der Waals surface area contributed by atoms with Crippen LogP contribution in [-0.4, -0.2) is 5.91 Å². The molecule has 20 heavy (non-hydrogen) atoms. The highest BCUT2D eigenvalue weighted by atomic mass is 19.1. The molecule has 0 radical (unpaired) electrons. The van der Waals surface area contributed by atoms with E-state index in [1.807, 2.05) is 30.3 Å². The standard InChI is InChI=1S/C16H17FN2O/c17-13-9-10-14(18)15(11-13)19-16(20)8-4-7-12-5-2-1-3-6-12/h1-3,5-6,9-11H,4,7-8,18H2,(H,19,20). The Morgan fingerprint density at radius 1 is 1.15 bits per heavy atom. The predicted octanol–water partition coefficient (Wildman–Crippen LogP) is 3.37. The number of nitrogens with two attached hydrogens (primary N) is 1.